The first-order valence-corrected chi connectivity index (χ1v) is 6.88. The van der Waals surface area contributed by atoms with E-state index in [0.717, 1.165) is 5.69 Å². The number of aliphatic hydroxyl groups excluding tert-OH is 1. The van der Waals surface area contributed by atoms with Gasteiger partial charge in [0.15, 0.2) is 0 Å². The number of thiophene rings is 1. The highest BCUT2D eigenvalue weighted by molar-refractivity contribution is 7.08. The minimum absolute atomic E-state index is 0.247. The van der Waals surface area contributed by atoms with Gasteiger partial charge in [-0.15, -0.1) is 11.6 Å². The molecule has 0 aliphatic rings. The summed E-state index contributed by atoms with van der Waals surface area (Å²) in [4.78, 5) is 0. The van der Waals surface area contributed by atoms with Crippen LogP contribution in [0, 0.1) is 0 Å². The fourth-order valence-electron chi connectivity index (χ4n) is 1.53. The molecule has 0 bridgehead atoms. The van der Waals surface area contributed by atoms with E-state index in [1.807, 2.05) is 12.1 Å². The number of rotatable bonds is 5. The number of anilines is 1. The summed E-state index contributed by atoms with van der Waals surface area (Å²) < 4.78 is 0. The highest BCUT2D eigenvalue weighted by Gasteiger charge is 2.03. The van der Waals surface area contributed by atoms with E-state index in [1.165, 1.54) is 11.1 Å². The monoisotopic (exact) mass is 267 g/mol. The lowest BCUT2D eigenvalue weighted by Gasteiger charge is -2.10. The van der Waals surface area contributed by atoms with E-state index < -0.39 is 6.10 Å². The van der Waals surface area contributed by atoms with Crippen molar-refractivity contribution in [3.63, 3.8) is 0 Å². The highest BCUT2D eigenvalue weighted by Crippen LogP contribution is 2.24. The van der Waals surface area contributed by atoms with Gasteiger partial charge in [-0.25, -0.2) is 0 Å². The summed E-state index contributed by atoms with van der Waals surface area (Å²) in [7, 11) is 0. The van der Waals surface area contributed by atoms with E-state index in [2.05, 4.69) is 34.3 Å². The number of halogens is 1. The molecule has 2 N–H and O–H groups in total. The molecular formula is C13H14ClNOS. The summed E-state index contributed by atoms with van der Waals surface area (Å²) >= 11 is 7.23. The Kier molecular flexibility index (Phi) is 4.42. The molecule has 0 fully saturated rings. The molecule has 0 aliphatic heterocycles. The third kappa shape index (κ3) is 3.46. The standard InChI is InChI=1S/C13H14ClNOS/c14-7-13(16)8-15-12-3-1-2-10(6-12)11-4-5-17-9-11/h1-6,9,13,15-16H,7-8H2. The average Bonchev–Trinajstić information content (AvgIpc) is 2.90. The number of nitrogens with one attached hydrogen (secondary N) is 1. The first kappa shape index (κ1) is 12.4. The molecule has 0 radical (unpaired) electrons. The van der Waals surface area contributed by atoms with Gasteiger partial charge in [-0.2, -0.15) is 11.3 Å². The predicted octanol–water partition coefficient (Wildman–Crippen LogP) is 3.43. The quantitative estimate of drug-likeness (QED) is 0.814. The van der Waals surface area contributed by atoms with Crippen molar-refractivity contribution in [2.24, 2.45) is 0 Å². The van der Waals surface area contributed by atoms with Crippen LogP contribution in [0.4, 0.5) is 5.69 Å². The molecule has 1 heterocycles. The van der Waals surface area contributed by atoms with Crippen LogP contribution in [0.2, 0.25) is 0 Å². The van der Waals surface area contributed by atoms with Crippen LogP contribution in [0.1, 0.15) is 0 Å². The average molecular weight is 268 g/mol. The van der Waals surface area contributed by atoms with E-state index in [4.69, 9.17) is 11.6 Å². The second-order valence-electron chi connectivity index (χ2n) is 3.78. The third-order valence-corrected chi connectivity index (χ3v) is 3.48. The van der Waals surface area contributed by atoms with Gasteiger partial charge in [0, 0.05) is 12.2 Å². The van der Waals surface area contributed by atoms with Crippen LogP contribution in [-0.2, 0) is 0 Å². The van der Waals surface area contributed by atoms with E-state index in [-0.39, 0.29) is 5.88 Å². The first-order chi connectivity index (χ1) is 8.29. The smallest absolute Gasteiger partial charge is 0.0847 e. The molecule has 4 heteroatoms. The van der Waals surface area contributed by atoms with E-state index >= 15 is 0 Å². The van der Waals surface area contributed by atoms with Crippen molar-refractivity contribution >= 4 is 28.6 Å². The highest BCUT2D eigenvalue weighted by atomic mass is 35.5. The van der Waals surface area contributed by atoms with Crippen molar-refractivity contribution in [1.29, 1.82) is 0 Å². The van der Waals surface area contributed by atoms with Crippen molar-refractivity contribution < 1.29 is 5.11 Å². The second kappa shape index (κ2) is 6.05. The molecule has 0 spiro atoms. The zero-order chi connectivity index (χ0) is 12.1. The van der Waals surface area contributed by atoms with Crippen LogP contribution in [0.25, 0.3) is 11.1 Å². The number of benzene rings is 1. The number of aliphatic hydroxyl groups is 1. The topological polar surface area (TPSA) is 32.3 Å². The fraction of sp³-hybridized carbons (Fsp3) is 0.231. The molecule has 17 heavy (non-hydrogen) atoms. The van der Waals surface area contributed by atoms with Crippen LogP contribution >= 0.6 is 22.9 Å². The van der Waals surface area contributed by atoms with Gasteiger partial charge in [-0.3, -0.25) is 0 Å². The molecule has 2 aromatic rings. The Balaban J connectivity index is 2.07. The molecule has 1 aromatic carbocycles. The summed E-state index contributed by atoms with van der Waals surface area (Å²) in [5, 5.41) is 16.7. The van der Waals surface area contributed by atoms with Gasteiger partial charge < -0.3 is 10.4 Å². The molecule has 0 amide bonds. The zero-order valence-corrected chi connectivity index (χ0v) is 10.8. The lowest BCUT2D eigenvalue weighted by molar-refractivity contribution is 0.211. The van der Waals surface area contributed by atoms with Crippen molar-refractivity contribution in [3.05, 3.63) is 41.1 Å². The van der Waals surface area contributed by atoms with Gasteiger partial charge in [0.1, 0.15) is 0 Å². The van der Waals surface area contributed by atoms with Crippen molar-refractivity contribution in [3.8, 4) is 11.1 Å². The third-order valence-electron chi connectivity index (χ3n) is 2.44. The molecule has 0 saturated heterocycles. The Morgan fingerprint density at radius 3 is 2.88 bits per heavy atom. The molecule has 2 rings (SSSR count). The molecule has 2 nitrogen and oxygen atoms in total. The SMILES string of the molecule is OC(CCl)CNc1cccc(-c2ccsc2)c1. The van der Waals surface area contributed by atoms with Crippen molar-refractivity contribution in [1.82, 2.24) is 0 Å². The predicted molar refractivity (Wildman–Crippen MR) is 75.0 cm³/mol. The van der Waals surface area contributed by atoms with E-state index in [1.54, 1.807) is 11.3 Å². The summed E-state index contributed by atoms with van der Waals surface area (Å²) in [6.07, 6.45) is -0.513. The van der Waals surface area contributed by atoms with Gasteiger partial charge in [-0.1, -0.05) is 12.1 Å². The molecule has 1 aromatic heterocycles. The van der Waals surface area contributed by atoms with Crippen LogP contribution in [0.3, 0.4) is 0 Å². The minimum Gasteiger partial charge on any atom is -0.390 e. The van der Waals surface area contributed by atoms with Crippen molar-refractivity contribution in [2.75, 3.05) is 17.7 Å². The van der Waals surface area contributed by atoms with Gasteiger partial charge >= 0.3 is 0 Å². The van der Waals surface area contributed by atoms with Gasteiger partial charge in [0.2, 0.25) is 0 Å². The minimum atomic E-state index is -0.513. The number of hydrogen-bond donors (Lipinski definition) is 2. The van der Waals surface area contributed by atoms with Gasteiger partial charge in [0.25, 0.3) is 0 Å². The van der Waals surface area contributed by atoms with E-state index in [9.17, 15) is 5.11 Å². The molecule has 90 valence electrons. The zero-order valence-electron chi connectivity index (χ0n) is 9.27. The maximum atomic E-state index is 9.38. The Labute approximate surface area is 110 Å². The summed E-state index contributed by atoms with van der Waals surface area (Å²) in [5.41, 5.74) is 3.39. The van der Waals surface area contributed by atoms with Gasteiger partial charge in [-0.05, 0) is 40.1 Å². The fourth-order valence-corrected chi connectivity index (χ4v) is 2.30. The lowest BCUT2D eigenvalue weighted by Crippen LogP contribution is -2.20. The Morgan fingerprint density at radius 1 is 1.29 bits per heavy atom. The largest absolute Gasteiger partial charge is 0.390 e. The van der Waals surface area contributed by atoms with Crippen LogP contribution in [0.5, 0.6) is 0 Å². The summed E-state index contributed by atoms with van der Waals surface area (Å²) in [6, 6.07) is 10.2. The normalized spacial score (nSPS) is 12.4. The second-order valence-corrected chi connectivity index (χ2v) is 4.87. The number of alkyl halides is 1. The molecule has 0 aliphatic carbocycles. The number of hydrogen-bond acceptors (Lipinski definition) is 3. The van der Waals surface area contributed by atoms with Crippen LogP contribution in [-0.4, -0.2) is 23.6 Å². The maximum absolute atomic E-state index is 9.38. The van der Waals surface area contributed by atoms with Crippen LogP contribution < -0.4 is 5.32 Å². The molecule has 0 saturated carbocycles. The maximum Gasteiger partial charge on any atom is 0.0847 e. The van der Waals surface area contributed by atoms with Gasteiger partial charge in [0.05, 0.1) is 12.0 Å². The van der Waals surface area contributed by atoms with Crippen molar-refractivity contribution in [2.45, 2.75) is 6.10 Å². The summed E-state index contributed by atoms with van der Waals surface area (Å²) in [6.45, 7) is 0.469. The molecular weight excluding hydrogens is 254 g/mol. The van der Waals surface area contributed by atoms with Crippen LogP contribution in [0.15, 0.2) is 41.1 Å². The van der Waals surface area contributed by atoms with E-state index in [0.29, 0.717) is 6.54 Å². The Hall–Kier alpha value is -1.03. The lowest BCUT2D eigenvalue weighted by atomic mass is 10.1. The first-order valence-electron chi connectivity index (χ1n) is 5.40. The molecule has 1 unspecified atom stereocenters. The molecule has 1 atom stereocenters. The Bertz CT molecular complexity index is 458. The Morgan fingerprint density at radius 2 is 2.18 bits per heavy atom. The summed E-state index contributed by atoms with van der Waals surface area (Å²) in [5.74, 6) is 0.247.